The zero-order valence-electron chi connectivity index (χ0n) is 15.6. The van der Waals surface area contributed by atoms with Gasteiger partial charge < -0.3 is 9.47 Å². The lowest BCUT2D eigenvalue weighted by Gasteiger charge is -2.18. The third-order valence-corrected chi connectivity index (χ3v) is 6.98. The molecule has 2 aromatic rings. The molecule has 0 saturated heterocycles. The highest BCUT2D eigenvalue weighted by Crippen LogP contribution is 2.34. The van der Waals surface area contributed by atoms with Gasteiger partial charge in [-0.05, 0) is 55.0 Å². The number of hydrazine groups is 1. The summed E-state index contributed by atoms with van der Waals surface area (Å²) in [5.41, 5.74) is 6.29. The van der Waals surface area contributed by atoms with Gasteiger partial charge in [0.2, 0.25) is 5.91 Å². The monoisotopic (exact) mass is 418 g/mol. The second-order valence-electron chi connectivity index (χ2n) is 7.00. The first kappa shape index (κ1) is 19.1. The Hall–Kier alpha value is -2.19. The molecule has 2 N–H and O–H groups in total. The molecule has 0 bridgehead atoms. The summed E-state index contributed by atoms with van der Waals surface area (Å²) >= 11 is 2.90. The number of aryl methyl sites for hydroxylation is 1. The number of benzene rings is 1. The number of hydrogen-bond acceptors (Lipinski definition) is 6. The number of fused-ring (bicyclic) bond motifs is 2. The van der Waals surface area contributed by atoms with E-state index in [1.54, 1.807) is 0 Å². The highest BCUT2D eigenvalue weighted by Gasteiger charge is 2.21. The second-order valence-corrected chi connectivity index (χ2v) is 9.19. The van der Waals surface area contributed by atoms with Gasteiger partial charge in [0, 0.05) is 9.77 Å². The van der Waals surface area contributed by atoms with Gasteiger partial charge in [-0.3, -0.25) is 20.4 Å². The first-order valence-corrected chi connectivity index (χ1v) is 11.1. The highest BCUT2D eigenvalue weighted by atomic mass is 32.2. The Morgan fingerprint density at radius 3 is 2.86 bits per heavy atom. The maximum atomic E-state index is 12.3. The van der Waals surface area contributed by atoms with Crippen molar-refractivity contribution < 1.29 is 19.1 Å². The van der Waals surface area contributed by atoms with Crippen LogP contribution in [-0.2, 0) is 17.6 Å². The Morgan fingerprint density at radius 2 is 2.00 bits per heavy atom. The number of thioether (sulfide) groups is 1. The van der Waals surface area contributed by atoms with E-state index in [9.17, 15) is 9.59 Å². The topological polar surface area (TPSA) is 76.7 Å². The third-order valence-electron chi connectivity index (χ3n) is 4.75. The fraction of sp³-hybridized carbons (Fsp3) is 0.400. The van der Waals surface area contributed by atoms with E-state index in [1.165, 1.54) is 40.0 Å². The largest absolute Gasteiger partial charge is 0.486 e. The maximum absolute atomic E-state index is 12.3. The summed E-state index contributed by atoms with van der Waals surface area (Å²) in [7, 11) is 0. The highest BCUT2D eigenvalue weighted by molar-refractivity contribution is 8.00. The molecule has 0 spiro atoms. The van der Waals surface area contributed by atoms with Gasteiger partial charge in [0.15, 0.2) is 11.5 Å². The zero-order chi connectivity index (χ0) is 19.5. The smallest absolute Gasteiger partial charge is 0.279 e. The van der Waals surface area contributed by atoms with Crippen LogP contribution in [0.1, 0.15) is 33.5 Å². The predicted molar refractivity (Wildman–Crippen MR) is 109 cm³/mol. The lowest BCUT2D eigenvalue weighted by Crippen LogP contribution is -2.42. The summed E-state index contributed by atoms with van der Waals surface area (Å²) in [4.78, 5) is 27.3. The zero-order valence-corrected chi connectivity index (χ0v) is 17.2. The van der Waals surface area contributed by atoms with E-state index in [0.29, 0.717) is 29.8 Å². The minimum atomic E-state index is -0.261. The molecular formula is C20H22N2O4S2. The number of rotatable bonds is 4. The minimum Gasteiger partial charge on any atom is -0.486 e. The molecular weight excluding hydrogens is 396 g/mol. The van der Waals surface area contributed by atoms with Gasteiger partial charge in [0.1, 0.15) is 13.2 Å². The normalized spacial score (nSPS) is 17.5. The van der Waals surface area contributed by atoms with Gasteiger partial charge in [0.05, 0.1) is 10.6 Å². The van der Waals surface area contributed by atoms with Crippen LogP contribution in [0, 0.1) is 5.92 Å². The lowest BCUT2D eigenvalue weighted by atomic mass is 9.90. The molecule has 6 nitrogen and oxygen atoms in total. The van der Waals surface area contributed by atoms with Crippen LogP contribution < -0.4 is 20.3 Å². The molecule has 0 radical (unpaired) electrons. The van der Waals surface area contributed by atoms with E-state index in [1.807, 2.05) is 24.3 Å². The minimum absolute atomic E-state index is 0.193. The predicted octanol–water partition coefficient (Wildman–Crippen LogP) is 3.20. The molecule has 28 heavy (non-hydrogen) atoms. The van der Waals surface area contributed by atoms with E-state index < -0.39 is 0 Å². The summed E-state index contributed by atoms with van der Waals surface area (Å²) in [6.07, 6.45) is 3.23. The Morgan fingerprint density at radius 1 is 1.18 bits per heavy atom. The summed E-state index contributed by atoms with van der Waals surface area (Å²) in [6, 6.07) is 7.56. The summed E-state index contributed by atoms with van der Waals surface area (Å²) in [5.74, 6) is 1.75. The van der Waals surface area contributed by atoms with E-state index in [0.717, 1.165) is 23.5 Å². The van der Waals surface area contributed by atoms with Crippen molar-refractivity contribution >= 4 is 34.9 Å². The number of carbonyl (C=O) groups excluding carboxylic acids is 2. The van der Waals surface area contributed by atoms with Crippen LogP contribution in [0.15, 0.2) is 29.2 Å². The number of thiophene rings is 1. The van der Waals surface area contributed by atoms with Crippen LogP contribution in [-0.4, -0.2) is 30.8 Å². The molecule has 1 atom stereocenters. The van der Waals surface area contributed by atoms with E-state index >= 15 is 0 Å². The van der Waals surface area contributed by atoms with Crippen molar-refractivity contribution in [1.29, 1.82) is 0 Å². The number of hydrogen-bond donors (Lipinski definition) is 2. The number of nitrogens with one attached hydrogen (secondary N) is 2. The SMILES string of the molecule is C[C@@H]1CCc2sc(C(=O)NNC(=O)CSc3ccc4c(c3)OCCO4)cc2C1. The maximum Gasteiger partial charge on any atom is 0.279 e. The van der Waals surface area contributed by atoms with Crippen LogP contribution in [0.3, 0.4) is 0 Å². The van der Waals surface area contributed by atoms with Gasteiger partial charge in [-0.1, -0.05) is 6.92 Å². The third kappa shape index (κ3) is 4.44. The fourth-order valence-corrected chi connectivity index (χ4v) is 5.13. The second kappa shape index (κ2) is 8.45. The van der Waals surface area contributed by atoms with Gasteiger partial charge in [-0.25, -0.2) is 0 Å². The Balaban J connectivity index is 1.26. The Labute approximate surface area is 172 Å². The molecule has 2 amide bonds. The fourth-order valence-electron chi connectivity index (χ4n) is 3.30. The van der Waals surface area contributed by atoms with Gasteiger partial charge in [-0.2, -0.15) is 0 Å². The molecule has 4 rings (SSSR count). The van der Waals surface area contributed by atoms with Crippen LogP contribution in [0.4, 0.5) is 0 Å². The Kier molecular flexibility index (Phi) is 5.77. The Bertz CT molecular complexity index is 896. The number of ether oxygens (including phenoxy) is 2. The molecule has 1 aromatic carbocycles. The molecule has 2 aliphatic rings. The number of carbonyl (C=O) groups is 2. The van der Waals surface area contributed by atoms with E-state index in [2.05, 4.69) is 17.8 Å². The van der Waals surface area contributed by atoms with Crippen molar-refractivity contribution in [3.8, 4) is 11.5 Å². The first-order chi connectivity index (χ1) is 13.6. The van der Waals surface area contributed by atoms with Crippen molar-refractivity contribution in [3.05, 3.63) is 39.6 Å². The molecule has 148 valence electrons. The van der Waals surface area contributed by atoms with Crippen LogP contribution >= 0.6 is 23.1 Å². The standard InChI is InChI=1S/C20H22N2O4S2/c1-12-2-5-17-13(8-12)9-18(28-17)20(24)22-21-19(23)11-27-14-3-4-15-16(10-14)26-7-6-25-15/h3-4,9-10,12H,2,5-8,11H2,1H3,(H,21,23)(H,22,24)/t12-/m1/s1. The molecule has 8 heteroatoms. The molecule has 1 aliphatic heterocycles. The van der Waals surface area contributed by atoms with Crippen LogP contribution in [0.5, 0.6) is 11.5 Å². The molecule has 1 aromatic heterocycles. The van der Waals surface area contributed by atoms with E-state index in [-0.39, 0.29) is 17.6 Å². The van der Waals surface area contributed by atoms with Crippen molar-refractivity contribution in [3.63, 3.8) is 0 Å². The quantitative estimate of drug-likeness (QED) is 0.589. The molecule has 0 unspecified atom stereocenters. The van der Waals surface area contributed by atoms with Crippen molar-refractivity contribution in [2.75, 3.05) is 19.0 Å². The van der Waals surface area contributed by atoms with Crippen LogP contribution in [0.2, 0.25) is 0 Å². The molecule has 1 aliphatic carbocycles. The van der Waals surface area contributed by atoms with E-state index in [4.69, 9.17) is 9.47 Å². The van der Waals surface area contributed by atoms with Gasteiger partial charge in [-0.15, -0.1) is 23.1 Å². The van der Waals surface area contributed by atoms with Crippen molar-refractivity contribution in [1.82, 2.24) is 10.9 Å². The van der Waals surface area contributed by atoms with Crippen LogP contribution in [0.25, 0.3) is 0 Å². The van der Waals surface area contributed by atoms with Gasteiger partial charge in [0.25, 0.3) is 5.91 Å². The molecule has 0 saturated carbocycles. The summed E-state index contributed by atoms with van der Waals surface area (Å²) < 4.78 is 11.0. The summed E-state index contributed by atoms with van der Waals surface area (Å²) in [5, 5.41) is 0. The summed E-state index contributed by atoms with van der Waals surface area (Å²) in [6.45, 7) is 3.31. The first-order valence-electron chi connectivity index (χ1n) is 9.31. The molecule has 2 heterocycles. The molecule has 0 fully saturated rings. The average Bonchev–Trinajstić information content (AvgIpc) is 3.13. The lowest BCUT2D eigenvalue weighted by molar-refractivity contribution is -0.119. The average molecular weight is 419 g/mol. The van der Waals surface area contributed by atoms with Crippen molar-refractivity contribution in [2.24, 2.45) is 5.92 Å². The van der Waals surface area contributed by atoms with Gasteiger partial charge >= 0.3 is 0 Å². The van der Waals surface area contributed by atoms with Crippen molar-refractivity contribution in [2.45, 2.75) is 31.1 Å². The number of amides is 2.